The highest BCUT2D eigenvalue weighted by molar-refractivity contribution is 6.00. The van der Waals surface area contributed by atoms with Crippen LogP contribution in [0.15, 0.2) is 42.7 Å². The van der Waals surface area contributed by atoms with Crippen LogP contribution in [0.4, 0.5) is 14.9 Å². The van der Waals surface area contributed by atoms with E-state index in [1.807, 2.05) is 0 Å². The molecule has 3 N–H and O–H groups in total. The van der Waals surface area contributed by atoms with Gasteiger partial charge in [-0.25, -0.2) is 14.0 Å². The van der Waals surface area contributed by atoms with Crippen molar-refractivity contribution in [3.8, 4) is 0 Å². The monoisotopic (exact) mass is 289 g/mol. The summed E-state index contributed by atoms with van der Waals surface area (Å²) < 4.78 is 13.6. The second-order valence-electron chi connectivity index (χ2n) is 4.13. The zero-order valence-electron chi connectivity index (χ0n) is 10.8. The van der Waals surface area contributed by atoms with E-state index in [-0.39, 0.29) is 17.8 Å². The molecular weight excluding hydrogens is 277 g/mol. The molecule has 7 heteroatoms. The van der Waals surface area contributed by atoms with Gasteiger partial charge in [-0.3, -0.25) is 4.98 Å². The number of carbonyl (C=O) groups excluding carboxylic acids is 1. The van der Waals surface area contributed by atoms with Crippen molar-refractivity contribution in [1.29, 1.82) is 0 Å². The minimum Gasteiger partial charge on any atom is -0.478 e. The number of hydrogen-bond donors (Lipinski definition) is 3. The molecule has 1 aromatic carbocycles. The lowest BCUT2D eigenvalue weighted by Crippen LogP contribution is -2.29. The first-order valence-corrected chi connectivity index (χ1v) is 6.03. The van der Waals surface area contributed by atoms with Gasteiger partial charge in [0.05, 0.1) is 11.3 Å². The third kappa shape index (κ3) is 3.75. The summed E-state index contributed by atoms with van der Waals surface area (Å²) in [5, 5.41) is 13.7. The van der Waals surface area contributed by atoms with Gasteiger partial charge in [-0.2, -0.15) is 0 Å². The van der Waals surface area contributed by atoms with E-state index in [9.17, 15) is 14.0 Å². The smallest absolute Gasteiger partial charge is 0.337 e. The Balaban J connectivity index is 2.05. The van der Waals surface area contributed by atoms with Crippen molar-refractivity contribution >= 4 is 17.7 Å². The molecule has 0 unspecified atom stereocenters. The fourth-order valence-electron chi connectivity index (χ4n) is 1.67. The van der Waals surface area contributed by atoms with Gasteiger partial charge in [0.25, 0.3) is 0 Å². The van der Waals surface area contributed by atoms with Crippen LogP contribution in [-0.4, -0.2) is 22.1 Å². The van der Waals surface area contributed by atoms with Gasteiger partial charge in [-0.05, 0) is 29.8 Å². The quantitative estimate of drug-likeness (QED) is 0.805. The van der Waals surface area contributed by atoms with Gasteiger partial charge in [-0.1, -0.05) is 6.07 Å². The number of aromatic carboxylic acids is 1. The molecular formula is C14H12FN3O3. The highest BCUT2D eigenvalue weighted by atomic mass is 19.1. The van der Waals surface area contributed by atoms with Gasteiger partial charge in [0, 0.05) is 18.9 Å². The maximum Gasteiger partial charge on any atom is 0.337 e. The van der Waals surface area contributed by atoms with E-state index >= 15 is 0 Å². The van der Waals surface area contributed by atoms with Crippen LogP contribution in [0.3, 0.4) is 0 Å². The number of carbonyl (C=O) groups is 2. The predicted octanol–water partition coefficient (Wildman–Crippen LogP) is 2.24. The number of benzene rings is 1. The molecule has 2 aromatic rings. The largest absolute Gasteiger partial charge is 0.478 e. The summed E-state index contributed by atoms with van der Waals surface area (Å²) in [4.78, 5) is 26.5. The van der Waals surface area contributed by atoms with Crippen molar-refractivity contribution in [1.82, 2.24) is 10.3 Å². The Morgan fingerprint density at radius 2 is 1.90 bits per heavy atom. The summed E-state index contributed by atoms with van der Waals surface area (Å²) in [5.74, 6) is -2.13. The minimum atomic E-state index is -1.32. The molecule has 0 radical (unpaired) electrons. The highest BCUT2D eigenvalue weighted by Gasteiger charge is 2.16. The van der Waals surface area contributed by atoms with Gasteiger partial charge in [0.2, 0.25) is 0 Å². The van der Waals surface area contributed by atoms with E-state index < -0.39 is 17.8 Å². The number of rotatable bonds is 4. The summed E-state index contributed by atoms with van der Waals surface area (Å²) in [6.07, 6.45) is 3.16. The van der Waals surface area contributed by atoms with Gasteiger partial charge in [0.15, 0.2) is 0 Å². The van der Waals surface area contributed by atoms with Crippen molar-refractivity contribution in [2.75, 3.05) is 5.32 Å². The normalized spacial score (nSPS) is 9.95. The Bertz CT molecular complexity index is 662. The van der Waals surface area contributed by atoms with E-state index in [1.165, 1.54) is 12.1 Å². The molecule has 1 aromatic heterocycles. The van der Waals surface area contributed by atoms with Crippen molar-refractivity contribution in [3.05, 3.63) is 59.7 Å². The average molecular weight is 289 g/mol. The number of nitrogens with one attached hydrogen (secondary N) is 2. The fraction of sp³-hybridized carbons (Fsp3) is 0.0714. The minimum absolute atomic E-state index is 0.214. The number of urea groups is 1. The van der Waals surface area contributed by atoms with E-state index in [0.29, 0.717) is 0 Å². The molecule has 1 heterocycles. The molecule has 0 spiro atoms. The molecule has 0 fully saturated rings. The maximum absolute atomic E-state index is 13.6. The van der Waals surface area contributed by atoms with Crippen LogP contribution in [0, 0.1) is 5.82 Å². The molecule has 108 valence electrons. The van der Waals surface area contributed by atoms with Crippen LogP contribution >= 0.6 is 0 Å². The second-order valence-corrected chi connectivity index (χ2v) is 4.13. The lowest BCUT2D eigenvalue weighted by atomic mass is 10.1. The third-order valence-electron chi connectivity index (χ3n) is 2.68. The second kappa shape index (κ2) is 6.47. The van der Waals surface area contributed by atoms with Gasteiger partial charge in [0.1, 0.15) is 5.82 Å². The lowest BCUT2D eigenvalue weighted by molar-refractivity contribution is 0.0697. The van der Waals surface area contributed by atoms with E-state index in [1.54, 1.807) is 24.5 Å². The fourth-order valence-corrected chi connectivity index (χ4v) is 1.67. The number of anilines is 1. The molecule has 21 heavy (non-hydrogen) atoms. The van der Waals surface area contributed by atoms with Crippen molar-refractivity contribution < 1.29 is 19.1 Å². The summed E-state index contributed by atoms with van der Waals surface area (Å²) >= 11 is 0. The molecule has 2 rings (SSSR count). The van der Waals surface area contributed by atoms with Crippen LogP contribution in [0.1, 0.15) is 15.9 Å². The van der Waals surface area contributed by atoms with Crippen LogP contribution in [0.25, 0.3) is 0 Å². The Morgan fingerprint density at radius 3 is 2.57 bits per heavy atom. The molecule has 0 saturated heterocycles. The van der Waals surface area contributed by atoms with Crippen LogP contribution in [-0.2, 0) is 6.54 Å². The predicted molar refractivity (Wildman–Crippen MR) is 73.5 cm³/mol. The number of aromatic nitrogens is 1. The first-order valence-electron chi connectivity index (χ1n) is 6.03. The molecule has 0 atom stereocenters. The molecule has 0 aliphatic carbocycles. The van der Waals surface area contributed by atoms with E-state index in [4.69, 9.17) is 5.11 Å². The number of amides is 2. The molecule has 0 saturated carbocycles. The number of pyridine rings is 1. The van der Waals surface area contributed by atoms with Gasteiger partial charge >= 0.3 is 12.0 Å². The number of hydrogen-bond acceptors (Lipinski definition) is 3. The van der Waals surface area contributed by atoms with Crippen molar-refractivity contribution in [2.45, 2.75) is 6.54 Å². The van der Waals surface area contributed by atoms with E-state index in [2.05, 4.69) is 15.6 Å². The zero-order valence-corrected chi connectivity index (χ0v) is 10.8. The number of para-hydroxylation sites is 1. The van der Waals surface area contributed by atoms with Crippen molar-refractivity contribution in [3.63, 3.8) is 0 Å². The SMILES string of the molecule is O=C(NCc1ccncc1)Nc1c(F)cccc1C(=O)O. The number of halogens is 1. The number of carboxylic acid groups (broad SMARTS) is 1. The Hall–Kier alpha value is -2.96. The van der Waals surface area contributed by atoms with E-state index in [0.717, 1.165) is 11.6 Å². The summed E-state index contributed by atoms with van der Waals surface area (Å²) in [5.41, 5.74) is 0.137. The first-order chi connectivity index (χ1) is 10.1. The van der Waals surface area contributed by atoms with Crippen LogP contribution in [0.2, 0.25) is 0 Å². The third-order valence-corrected chi connectivity index (χ3v) is 2.68. The molecule has 0 aliphatic rings. The Labute approximate surface area is 119 Å². The molecule has 6 nitrogen and oxygen atoms in total. The highest BCUT2D eigenvalue weighted by Crippen LogP contribution is 2.19. The summed E-state index contributed by atoms with van der Waals surface area (Å²) in [6, 6.07) is 6.28. The first kappa shape index (κ1) is 14.4. The number of carboxylic acids is 1. The molecule has 2 amide bonds. The average Bonchev–Trinajstić information content (AvgIpc) is 2.48. The summed E-state index contributed by atoms with van der Waals surface area (Å²) in [7, 11) is 0. The summed E-state index contributed by atoms with van der Waals surface area (Å²) in [6.45, 7) is 0.214. The molecule has 0 aliphatic heterocycles. The standard InChI is InChI=1S/C14H12FN3O3/c15-11-3-1-2-10(13(19)20)12(11)18-14(21)17-8-9-4-6-16-7-5-9/h1-7H,8H2,(H,19,20)(H2,17,18,21). The lowest BCUT2D eigenvalue weighted by Gasteiger charge is -2.10. The Kier molecular flexibility index (Phi) is 4.45. The number of nitrogens with zero attached hydrogens (tertiary/aromatic N) is 1. The topological polar surface area (TPSA) is 91.3 Å². The zero-order chi connectivity index (χ0) is 15.2. The maximum atomic E-state index is 13.6. The van der Waals surface area contributed by atoms with Crippen LogP contribution < -0.4 is 10.6 Å². The Morgan fingerprint density at radius 1 is 1.19 bits per heavy atom. The van der Waals surface area contributed by atoms with Crippen LogP contribution in [0.5, 0.6) is 0 Å². The van der Waals surface area contributed by atoms with Crippen molar-refractivity contribution in [2.24, 2.45) is 0 Å². The molecule has 0 bridgehead atoms. The van der Waals surface area contributed by atoms with Gasteiger partial charge in [-0.15, -0.1) is 0 Å². The van der Waals surface area contributed by atoms with Gasteiger partial charge < -0.3 is 15.7 Å².